The van der Waals surface area contributed by atoms with E-state index in [1.54, 1.807) is 7.11 Å². The third-order valence-electron chi connectivity index (χ3n) is 3.15. The van der Waals surface area contributed by atoms with Crippen molar-refractivity contribution in [3.05, 3.63) is 58.6 Å². The number of rotatable bonds is 8. The van der Waals surface area contributed by atoms with Crippen molar-refractivity contribution in [2.45, 2.75) is 13.2 Å². The van der Waals surface area contributed by atoms with E-state index in [9.17, 15) is 0 Å². The van der Waals surface area contributed by atoms with Gasteiger partial charge in [-0.2, -0.15) is 0 Å². The maximum atomic E-state index is 8.77. The lowest BCUT2D eigenvalue weighted by atomic mass is 10.2. The molecule has 0 aromatic heterocycles. The number of hydrogen-bond acceptors (Lipinski definition) is 4. The fourth-order valence-electron chi connectivity index (χ4n) is 1.99. The Hall–Kier alpha value is -1.46. The Labute approximate surface area is 147 Å². The maximum Gasteiger partial charge on any atom is 0.161 e. The van der Waals surface area contributed by atoms with Crippen LogP contribution in [0.1, 0.15) is 11.1 Å². The van der Waals surface area contributed by atoms with E-state index in [0.29, 0.717) is 36.2 Å². The second kappa shape index (κ2) is 10.3. The second-order valence-corrected chi connectivity index (χ2v) is 5.24. The lowest BCUT2D eigenvalue weighted by Crippen LogP contribution is -2.17. The van der Waals surface area contributed by atoms with Crippen molar-refractivity contribution >= 4 is 24.0 Å². The number of ether oxygens (including phenoxy) is 2. The molecule has 0 atom stereocenters. The van der Waals surface area contributed by atoms with Gasteiger partial charge in [0.15, 0.2) is 11.5 Å². The first-order chi connectivity index (χ1) is 10.7. The molecule has 0 heterocycles. The van der Waals surface area contributed by atoms with Crippen LogP contribution in [0, 0.1) is 0 Å². The number of aliphatic hydroxyl groups excluding tert-OH is 1. The van der Waals surface area contributed by atoms with Gasteiger partial charge in [-0.1, -0.05) is 29.8 Å². The quantitative estimate of drug-likeness (QED) is 0.710. The first kappa shape index (κ1) is 19.6. The average Bonchev–Trinajstić information content (AvgIpc) is 2.55. The summed E-state index contributed by atoms with van der Waals surface area (Å²) in [7, 11) is 1.62. The molecule has 126 valence electrons. The summed E-state index contributed by atoms with van der Waals surface area (Å²) in [4.78, 5) is 0. The molecule has 0 bridgehead atoms. The zero-order valence-electron chi connectivity index (χ0n) is 12.9. The smallest absolute Gasteiger partial charge is 0.161 e. The molecule has 2 aromatic rings. The monoisotopic (exact) mass is 357 g/mol. The lowest BCUT2D eigenvalue weighted by molar-refractivity contribution is 0.284. The minimum Gasteiger partial charge on any atom is -0.493 e. The first-order valence-corrected chi connectivity index (χ1v) is 7.46. The van der Waals surface area contributed by atoms with E-state index in [1.165, 1.54) is 0 Å². The van der Waals surface area contributed by atoms with Gasteiger partial charge >= 0.3 is 0 Å². The van der Waals surface area contributed by atoms with E-state index < -0.39 is 0 Å². The topological polar surface area (TPSA) is 50.7 Å². The Balaban J connectivity index is 0.00000264. The molecule has 0 saturated heterocycles. The number of halogens is 2. The summed E-state index contributed by atoms with van der Waals surface area (Å²) >= 11 is 5.86. The average molecular weight is 358 g/mol. The van der Waals surface area contributed by atoms with Gasteiger partial charge in [0.2, 0.25) is 0 Å². The molecule has 0 saturated carbocycles. The molecule has 2 N–H and O–H groups in total. The van der Waals surface area contributed by atoms with Gasteiger partial charge in [-0.25, -0.2) is 0 Å². The van der Waals surface area contributed by atoms with Gasteiger partial charge in [-0.05, 0) is 35.4 Å². The van der Waals surface area contributed by atoms with Gasteiger partial charge < -0.3 is 19.9 Å². The van der Waals surface area contributed by atoms with Gasteiger partial charge in [-0.3, -0.25) is 0 Å². The van der Waals surface area contributed by atoms with Crippen LogP contribution < -0.4 is 14.8 Å². The molecule has 0 spiro atoms. The van der Waals surface area contributed by atoms with Gasteiger partial charge in [0, 0.05) is 18.1 Å². The predicted octanol–water partition coefficient (Wildman–Crippen LogP) is 3.43. The third-order valence-corrected chi connectivity index (χ3v) is 3.41. The summed E-state index contributed by atoms with van der Waals surface area (Å²) in [5, 5.41) is 12.6. The van der Waals surface area contributed by atoms with E-state index in [2.05, 4.69) is 5.32 Å². The molecule has 23 heavy (non-hydrogen) atoms. The van der Waals surface area contributed by atoms with Crippen molar-refractivity contribution in [3.63, 3.8) is 0 Å². The number of methoxy groups -OCH3 is 1. The number of nitrogens with one attached hydrogen (secondary N) is 1. The Morgan fingerprint density at radius 1 is 1.04 bits per heavy atom. The lowest BCUT2D eigenvalue weighted by Gasteiger charge is -2.12. The molecule has 0 radical (unpaired) electrons. The molecule has 0 unspecified atom stereocenters. The molecule has 4 nitrogen and oxygen atoms in total. The molecule has 2 aromatic carbocycles. The van der Waals surface area contributed by atoms with Gasteiger partial charge in [0.1, 0.15) is 6.61 Å². The van der Waals surface area contributed by atoms with Crippen LogP contribution >= 0.6 is 24.0 Å². The maximum absolute atomic E-state index is 8.77. The molecule has 0 amide bonds. The van der Waals surface area contributed by atoms with Gasteiger partial charge in [0.25, 0.3) is 0 Å². The summed E-state index contributed by atoms with van der Waals surface area (Å²) in [6, 6.07) is 13.3. The Morgan fingerprint density at radius 3 is 2.39 bits per heavy atom. The molecule has 6 heteroatoms. The number of aliphatic hydroxyl groups is 1. The van der Waals surface area contributed by atoms with Crippen LogP contribution in [0.25, 0.3) is 0 Å². The van der Waals surface area contributed by atoms with Crippen LogP contribution in [-0.2, 0) is 13.2 Å². The molecule has 0 aliphatic carbocycles. The standard InChI is InChI=1S/C17H20ClNO3.ClH/c1-21-17-10-14(11-19-8-9-20)4-7-16(17)22-12-13-2-5-15(18)6-3-13;/h2-7,10,19-20H,8-9,11-12H2,1H3;1H. The third kappa shape index (κ3) is 6.28. The van der Waals surface area contributed by atoms with E-state index >= 15 is 0 Å². The molecule has 2 rings (SSSR count). The largest absolute Gasteiger partial charge is 0.493 e. The summed E-state index contributed by atoms with van der Waals surface area (Å²) < 4.78 is 11.2. The zero-order chi connectivity index (χ0) is 15.8. The van der Waals surface area contributed by atoms with Gasteiger partial charge in [0.05, 0.1) is 13.7 Å². The van der Waals surface area contributed by atoms with Crippen LogP contribution in [0.2, 0.25) is 5.02 Å². The second-order valence-electron chi connectivity index (χ2n) is 4.80. The van der Waals surface area contributed by atoms with Crippen LogP contribution in [-0.4, -0.2) is 25.4 Å². The fraction of sp³-hybridized carbons (Fsp3) is 0.294. The van der Waals surface area contributed by atoms with Crippen molar-refractivity contribution in [3.8, 4) is 11.5 Å². The molecular weight excluding hydrogens is 337 g/mol. The normalized spacial score (nSPS) is 10.0. The first-order valence-electron chi connectivity index (χ1n) is 7.08. The SMILES string of the molecule is COc1cc(CNCCO)ccc1OCc1ccc(Cl)cc1.Cl. The van der Waals surface area contributed by atoms with Crippen molar-refractivity contribution in [1.29, 1.82) is 0 Å². The van der Waals surface area contributed by atoms with E-state index in [1.807, 2.05) is 42.5 Å². The van der Waals surface area contributed by atoms with Crippen LogP contribution in [0.4, 0.5) is 0 Å². The molecule has 0 aliphatic heterocycles. The summed E-state index contributed by atoms with van der Waals surface area (Å²) in [5.41, 5.74) is 2.12. The zero-order valence-corrected chi connectivity index (χ0v) is 14.5. The fourth-order valence-corrected chi connectivity index (χ4v) is 2.12. The van der Waals surface area contributed by atoms with Crippen LogP contribution in [0.15, 0.2) is 42.5 Å². The molecule has 0 fully saturated rings. The highest BCUT2D eigenvalue weighted by atomic mass is 35.5. The minimum atomic E-state index is 0. The highest BCUT2D eigenvalue weighted by Crippen LogP contribution is 2.29. The highest BCUT2D eigenvalue weighted by molar-refractivity contribution is 6.30. The van der Waals surface area contributed by atoms with E-state index in [0.717, 1.165) is 11.1 Å². The Kier molecular flexibility index (Phi) is 8.81. The Bertz CT molecular complexity index is 591. The van der Waals surface area contributed by atoms with Crippen LogP contribution in [0.3, 0.4) is 0 Å². The summed E-state index contributed by atoms with van der Waals surface area (Å²) in [6.45, 7) is 1.82. The minimum absolute atomic E-state index is 0. The summed E-state index contributed by atoms with van der Waals surface area (Å²) in [5.74, 6) is 1.39. The Morgan fingerprint density at radius 2 is 1.74 bits per heavy atom. The van der Waals surface area contributed by atoms with Gasteiger partial charge in [-0.15, -0.1) is 12.4 Å². The number of benzene rings is 2. The van der Waals surface area contributed by atoms with Crippen molar-refractivity contribution in [2.75, 3.05) is 20.3 Å². The van der Waals surface area contributed by atoms with E-state index in [4.69, 9.17) is 26.2 Å². The van der Waals surface area contributed by atoms with Crippen molar-refractivity contribution in [1.82, 2.24) is 5.32 Å². The predicted molar refractivity (Wildman–Crippen MR) is 94.8 cm³/mol. The van der Waals surface area contributed by atoms with Crippen molar-refractivity contribution < 1.29 is 14.6 Å². The summed E-state index contributed by atoms with van der Waals surface area (Å²) in [6.07, 6.45) is 0. The molecule has 0 aliphatic rings. The number of hydrogen-bond donors (Lipinski definition) is 2. The molecular formula is C17H21Cl2NO3. The van der Waals surface area contributed by atoms with Crippen molar-refractivity contribution in [2.24, 2.45) is 0 Å². The van der Waals surface area contributed by atoms with Crippen LogP contribution in [0.5, 0.6) is 11.5 Å². The highest BCUT2D eigenvalue weighted by Gasteiger charge is 2.06. The van der Waals surface area contributed by atoms with E-state index in [-0.39, 0.29) is 19.0 Å².